The zero-order chi connectivity index (χ0) is 18.6. The zero-order valence-corrected chi connectivity index (χ0v) is 19.0. The van der Waals surface area contributed by atoms with Gasteiger partial charge in [0.25, 0.3) is 0 Å². The van der Waals surface area contributed by atoms with E-state index in [9.17, 15) is 4.79 Å². The Morgan fingerprint density at radius 1 is 0.931 bits per heavy atom. The number of rotatable bonds is 5. The molecule has 1 amide bonds. The number of amides is 1. The van der Waals surface area contributed by atoms with E-state index in [1.54, 1.807) is 0 Å². The fourth-order valence-corrected chi connectivity index (χ4v) is 5.47. The summed E-state index contributed by atoms with van der Waals surface area (Å²) in [5.74, 6) is 1.51. The third-order valence-electron chi connectivity index (χ3n) is 7.13. The second kappa shape index (κ2) is 11.5. The second-order valence-corrected chi connectivity index (χ2v) is 9.07. The first kappa shape index (κ1) is 24.5. The van der Waals surface area contributed by atoms with Crippen molar-refractivity contribution in [2.24, 2.45) is 23.5 Å². The van der Waals surface area contributed by atoms with Crippen molar-refractivity contribution < 1.29 is 4.79 Å². The van der Waals surface area contributed by atoms with Crippen molar-refractivity contribution in [3.8, 4) is 0 Å². The second-order valence-electron chi connectivity index (χ2n) is 9.07. The third-order valence-corrected chi connectivity index (χ3v) is 7.13. The third kappa shape index (κ3) is 6.33. The van der Waals surface area contributed by atoms with Crippen molar-refractivity contribution in [3.05, 3.63) is 35.4 Å². The number of nitrogens with zero attached hydrogens (tertiary/aromatic N) is 1. The SMILES string of the molecule is Cl.Cl.NC1C2CCCC1CC(C(=O)NCc1ccc(CN3CCCCC3)cc1)C2. The predicted molar refractivity (Wildman–Crippen MR) is 123 cm³/mol. The van der Waals surface area contributed by atoms with E-state index in [0.717, 1.165) is 19.4 Å². The van der Waals surface area contributed by atoms with E-state index >= 15 is 0 Å². The number of fused-ring (bicyclic) bond motifs is 2. The van der Waals surface area contributed by atoms with Gasteiger partial charge < -0.3 is 11.1 Å². The largest absolute Gasteiger partial charge is 0.352 e. The molecule has 4 rings (SSSR count). The maximum atomic E-state index is 12.7. The van der Waals surface area contributed by atoms with Gasteiger partial charge in [-0.05, 0) is 74.6 Å². The summed E-state index contributed by atoms with van der Waals surface area (Å²) < 4.78 is 0. The van der Waals surface area contributed by atoms with Gasteiger partial charge in [0, 0.05) is 25.0 Å². The van der Waals surface area contributed by atoms with Crippen molar-refractivity contribution in [1.82, 2.24) is 10.2 Å². The molecule has 1 aromatic rings. The topological polar surface area (TPSA) is 58.4 Å². The molecule has 2 aliphatic carbocycles. The van der Waals surface area contributed by atoms with Gasteiger partial charge in [0.05, 0.1) is 0 Å². The Balaban J connectivity index is 0.00000150. The van der Waals surface area contributed by atoms with Gasteiger partial charge in [-0.2, -0.15) is 0 Å². The van der Waals surface area contributed by atoms with Crippen LogP contribution in [0, 0.1) is 17.8 Å². The molecular weight excluding hydrogens is 405 g/mol. The van der Waals surface area contributed by atoms with E-state index < -0.39 is 0 Å². The summed E-state index contributed by atoms with van der Waals surface area (Å²) in [5.41, 5.74) is 8.93. The highest BCUT2D eigenvalue weighted by Crippen LogP contribution is 2.41. The Morgan fingerprint density at radius 3 is 2.14 bits per heavy atom. The molecule has 6 heteroatoms. The van der Waals surface area contributed by atoms with Crippen molar-refractivity contribution in [1.29, 1.82) is 0 Å². The summed E-state index contributed by atoms with van der Waals surface area (Å²) in [7, 11) is 0. The molecule has 2 atom stereocenters. The van der Waals surface area contributed by atoms with Crippen LogP contribution in [-0.4, -0.2) is 29.9 Å². The number of likely N-dealkylation sites (tertiary alicyclic amines) is 1. The lowest BCUT2D eigenvalue weighted by molar-refractivity contribution is -0.128. The Hall–Kier alpha value is -0.810. The van der Waals surface area contributed by atoms with Crippen LogP contribution in [0.5, 0.6) is 0 Å². The molecule has 1 heterocycles. The lowest BCUT2D eigenvalue weighted by Gasteiger charge is -2.43. The Labute approximate surface area is 188 Å². The summed E-state index contributed by atoms with van der Waals surface area (Å²) in [4.78, 5) is 15.2. The minimum Gasteiger partial charge on any atom is -0.352 e. The lowest BCUT2D eigenvalue weighted by Crippen LogP contribution is -2.49. The minimum absolute atomic E-state index is 0. The molecule has 2 saturated carbocycles. The van der Waals surface area contributed by atoms with E-state index in [1.807, 2.05) is 0 Å². The number of hydrogen-bond donors (Lipinski definition) is 2. The number of piperidine rings is 1. The first-order valence-electron chi connectivity index (χ1n) is 11.0. The van der Waals surface area contributed by atoms with E-state index in [2.05, 4.69) is 34.5 Å². The van der Waals surface area contributed by atoms with Gasteiger partial charge in [-0.1, -0.05) is 37.1 Å². The smallest absolute Gasteiger partial charge is 0.223 e. The quantitative estimate of drug-likeness (QED) is 0.716. The molecular formula is C23H37Cl2N3O. The molecule has 0 aromatic heterocycles. The molecule has 4 nitrogen and oxygen atoms in total. The molecule has 1 saturated heterocycles. The lowest BCUT2D eigenvalue weighted by atomic mass is 9.65. The first-order chi connectivity index (χ1) is 13.2. The Kier molecular flexibility index (Phi) is 9.74. The van der Waals surface area contributed by atoms with Crippen molar-refractivity contribution in [2.45, 2.75) is 70.5 Å². The van der Waals surface area contributed by atoms with Gasteiger partial charge in [-0.15, -0.1) is 24.8 Å². The highest BCUT2D eigenvalue weighted by atomic mass is 35.5. The number of halogens is 2. The van der Waals surface area contributed by atoms with Gasteiger partial charge in [-0.3, -0.25) is 9.69 Å². The normalized spacial score (nSPS) is 29.3. The van der Waals surface area contributed by atoms with Gasteiger partial charge in [0.2, 0.25) is 5.91 Å². The monoisotopic (exact) mass is 441 g/mol. The van der Waals surface area contributed by atoms with Crippen molar-refractivity contribution >= 4 is 30.7 Å². The predicted octanol–water partition coefficient (Wildman–Crippen LogP) is 4.29. The fourth-order valence-electron chi connectivity index (χ4n) is 5.47. The molecule has 3 aliphatic rings. The van der Waals surface area contributed by atoms with Gasteiger partial charge in [0.15, 0.2) is 0 Å². The average molecular weight is 442 g/mol. The van der Waals surface area contributed by atoms with Crippen LogP contribution in [0.1, 0.15) is 62.5 Å². The molecule has 2 bridgehead atoms. The molecule has 0 radical (unpaired) electrons. The summed E-state index contributed by atoms with van der Waals surface area (Å²) >= 11 is 0. The van der Waals surface area contributed by atoms with E-state index in [0.29, 0.717) is 24.4 Å². The molecule has 0 spiro atoms. The summed E-state index contributed by atoms with van der Waals surface area (Å²) in [6.45, 7) is 4.15. The Morgan fingerprint density at radius 2 is 1.52 bits per heavy atom. The average Bonchev–Trinajstić information content (AvgIpc) is 2.68. The van der Waals surface area contributed by atoms with Gasteiger partial charge in [-0.25, -0.2) is 0 Å². The van der Waals surface area contributed by atoms with Crippen LogP contribution >= 0.6 is 24.8 Å². The van der Waals surface area contributed by atoms with E-state index in [1.165, 1.54) is 62.7 Å². The zero-order valence-electron chi connectivity index (χ0n) is 17.4. The van der Waals surface area contributed by atoms with Crippen molar-refractivity contribution in [2.75, 3.05) is 13.1 Å². The van der Waals surface area contributed by atoms with Crippen LogP contribution in [0.25, 0.3) is 0 Å². The highest BCUT2D eigenvalue weighted by Gasteiger charge is 2.40. The summed E-state index contributed by atoms with van der Waals surface area (Å²) in [6.07, 6.45) is 9.72. The van der Waals surface area contributed by atoms with E-state index in [-0.39, 0.29) is 36.6 Å². The number of benzene rings is 1. The Bertz CT molecular complexity index is 620. The number of hydrogen-bond acceptors (Lipinski definition) is 3. The number of nitrogens with one attached hydrogen (secondary N) is 1. The van der Waals surface area contributed by atoms with Gasteiger partial charge in [0.1, 0.15) is 0 Å². The summed E-state index contributed by atoms with van der Waals surface area (Å²) in [5, 5.41) is 3.18. The number of nitrogens with two attached hydrogens (primary N) is 1. The maximum Gasteiger partial charge on any atom is 0.223 e. The van der Waals surface area contributed by atoms with Crippen LogP contribution in [0.4, 0.5) is 0 Å². The van der Waals surface area contributed by atoms with Crippen molar-refractivity contribution in [3.63, 3.8) is 0 Å². The molecule has 1 aromatic carbocycles. The fraction of sp³-hybridized carbons (Fsp3) is 0.696. The summed E-state index contributed by atoms with van der Waals surface area (Å²) in [6, 6.07) is 9.12. The standard InChI is InChI=1S/C23H35N3O.2ClH/c24-22-19-5-4-6-20(22)14-21(13-19)23(27)25-15-17-7-9-18(10-8-17)16-26-11-2-1-3-12-26;;/h7-10,19-22H,1-6,11-16,24H2,(H,25,27);2*1H. The number of carbonyl (C=O) groups excluding carboxylic acids is 1. The molecule has 1 aliphatic heterocycles. The highest BCUT2D eigenvalue weighted by molar-refractivity contribution is 5.85. The van der Waals surface area contributed by atoms with Crippen LogP contribution in [0.3, 0.4) is 0 Å². The molecule has 3 N–H and O–H groups in total. The van der Waals surface area contributed by atoms with Crippen LogP contribution in [0.2, 0.25) is 0 Å². The molecule has 164 valence electrons. The molecule has 29 heavy (non-hydrogen) atoms. The van der Waals surface area contributed by atoms with E-state index in [4.69, 9.17) is 5.73 Å². The number of carbonyl (C=O) groups is 1. The molecule has 2 unspecified atom stereocenters. The van der Waals surface area contributed by atoms with Crippen LogP contribution in [0.15, 0.2) is 24.3 Å². The first-order valence-corrected chi connectivity index (χ1v) is 11.0. The molecule has 3 fully saturated rings. The van der Waals surface area contributed by atoms with Gasteiger partial charge >= 0.3 is 0 Å². The maximum absolute atomic E-state index is 12.7. The van der Waals surface area contributed by atoms with Crippen LogP contribution in [-0.2, 0) is 17.9 Å². The van der Waals surface area contributed by atoms with Crippen LogP contribution < -0.4 is 11.1 Å². The minimum atomic E-state index is 0.